The van der Waals surface area contributed by atoms with E-state index in [9.17, 15) is 4.79 Å². The molecule has 4 nitrogen and oxygen atoms in total. The fourth-order valence-electron chi connectivity index (χ4n) is 1.76. The molecular formula is C14H22BrN3O. The van der Waals surface area contributed by atoms with E-state index in [4.69, 9.17) is 0 Å². The number of hydrogen-bond donors (Lipinski definition) is 2. The van der Waals surface area contributed by atoms with Crippen molar-refractivity contribution in [3.63, 3.8) is 0 Å². The molecule has 0 spiro atoms. The fourth-order valence-corrected chi connectivity index (χ4v) is 2.17. The fraction of sp³-hybridized carbons (Fsp3) is 0.500. The molecular weight excluding hydrogens is 306 g/mol. The van der Waals surface area contributed by atoms with E-state index >= 15 is 0 Å². The summed E-state index contributed by atoms with van der Waals surface area (Å²) in [6, 6.07) is 6.54. The number of anilines is 1. The maximum atomic E-state index is 11.5. The van der Waals surface area contributed by atoms with Gasteiger partial charge >= 0.3 is 0 Å². The molecule has 0 fully saturated rings. The molecule has 0 aliphatic carbocycles. The van der Waals surface area contributed by atoms with Crippen LogP contribution in [0.5, 0.6) is 0 Å². The van der Waals surface area contributed by atoms with Crippen molar-refractivity contribution in [1.82, 2.24) is 10.6 Å². The summed E-state index contributed by atoms with van der Waals surface area (Å²) in [6.07, 6.45) is 0. The summed E-state index contributed by atoms with van der Waals surface area (Å²) in [5, 5.41) is 6.04. The van der Waals surface area contributed by atoms with Crippen LogP contribution in [0.15, 0.2) is 22.7 Å². The second kappa shape index (κ2) is 7.50. The summed E-state index contributed by atoms with van der Waals surface area (Å²) in [7, 11) is 3.58. The lowest BCUT2D eigenvalue weighted by Crippen LogP contribution is -2.34. The number of carbonyl (C=O) groups excluding carboxylic acids is 1. The second-order valence-corrected chi connectivity index (χ2v) is 5.75. The van der Waals surface area contributed by atoms with Gasteiger partial charge in [-0.15, -0.1) is 0 Å². The smallest absolute Gasteiger partial charge is 0.239 e. The van der Waals surface area contributed by atoms with E-state index < -0.39 is 0 Å². The van der Waals surface area contributed by atoms with E-state index in [-0.39, 0.29) is 5.91 Å². The SMILES string of the molecule is CNC(=O)CN(C)c1ccc(Br)cc1CNC(C)C. The number of benzene rings is 1. The lowest BCUT2D eigenvalue weighted by atomic mass is 10.1. The highest BCUT2D eigenvalue weighted by molar-refractivity contribution is 9.10. The van der Waals surface area contributed by atoms with Gasteiger partial charge in [-0.3, -0.25) is 4.79 Å². The summed E-state index contributed by atoms with van der Waals surface area (Å²) >= 11 is 3.49. The molecule has 0 saturated heterocycles. The van der Waals surface area contributed by atoms with E-state index in [0.717, 1.165) is 16.7 Å². The van der Waals surface area contributed by atoms with Crippen LogP contribution >= 0.6 is 15.9 Å². The average Bonchev–Trinajstić information content (AvgIpc) is 2.36. The molecule has 1 rings (SSSR count). The lowest BCUT2D eigenvalue weighted by molar-refractivity contribution is -0.119. The average molecular weight is 328 g/mol. The maximum Gasteiger partial charge on any atom is 0.239 e. The van der Waals surface area contributed by atoms with Gasteiger partial charge in [-0.1, -0.05) is 29.8 Å². The first-order valence-electron chi connectivity index (χ1n) is 6.37. The molecule has 1 aromatic rings. The van der Waals surface area contributed by atoms with Crippen LogP contribution < -0.4 is 15.5 Å². The maximum absolute atomic E-state index is 11.5. The Hall–Kier alpha value is -1.07. The Balaban J connectivity index is 2.88. The molecule has 1 aromatic carbocycles. The molecule has 0 atom stereocenters. The summed E-state index contributed by atoms with van der Waals surface area (Å²) in [6.45, 7) is 5.37. The van der Waals surface area contributed by atoms with Gasteiger partial charge in [-0.05, 0) is 23.8 Å². The van der Waals surface area contributed by atoms with Gasteiger partial charge in [-0.25, -0.2) is 0 Å². The van der Waals surface area contributed by atoms with Crippen LogP contribution in [0, 0.1) is 0 Å². The van der Waals surface area contributed by atoms with Gasteiger partial charge in [0.25, 0.3) is 0 Å². The van der Waals surface area contributed by atoms with Crippen molar-refractivity contribution in [2.45, 2.75) is 26.4 Å². The Morgan fingerprint density at radius 3 is 2.68 bits per heavy atom. The third kappa shape index (κ3) is 5.20. The van der Waals surface area contributed by atoms with Gasteiger partial charge in [0.1, 0.15) is 0 Å². The van der Waals surface area contributed by atoms with Crippen LogP contribution in [0.3, 0.4) is 0 Å². The Morgan fingerprint density at radius 2 is 2.11 bits per heavy atom. The van der Waals surface area contributed by atoms with Crippen LogP contribution in [0.1, 0.15) is 19.4 Å². The largest absolute Gasteiger partial charge is 0.365 e. The van der Waals surface area contributed by atoms with Crippen molar-refractivity contribution < 1.29 is 4.79 Å². The van der Waals surface area contributed by atoms with Crippen LogP contribution in [0.4, 0.5) is 5.69 Å². The number of nitrogens with one attached hydrogen (secondary N) is 2. The van der Waals surface area contributed by atoms with Crippen LogP contribution in [-0.2, 0) is 11.3 Å². The zero-order chi connectivity index (χ0) is 14.4. The topological polar surface area (TPSA) is 44.4 Å². The molecule has 0 aliphatic rings. The van der Waals surface area contributed by atoms with E-state index in [1.54, 1.807) is 7.05 Å². The predicted octanol–water partition coefficient (Wildman–Crippen LogP) is 2.13. The Morgan fingerprint density at radius 1 is 1.42 bits per heavy atom. The molecule has 1 amide bonds. The normalized spacial score (nSPS) is 10.6. The highest BCUT2D eigenvalue weighted by Crippen LogP contribution is 2.23. The minimum absolute atomic E-state index is 0.00758. The van der Waals surface area contributed by atoms with Crippen molar-refractivity contribution in [3.05, 3.63) is 28.2 Å². The van der Waals surface area contributed by atoms with Crippen LogP contribution in [0.25, 0.3) is 0 Å². The number of hydrogen-bond acceptors (Lipinski definition) is 3. The number of halogens is 1. The van der Waals surface area contributed by atoms with Crippen molar-refractivity contribution >= 4 is 27.5 Å². The van der Waals surface area contributed by atoms with Crippen molar-refractivity contribution in [2.75, 3.05) is 25.5 Å². The molecule has 5 heteroatoms. The van der Waals surface area contributed by atoms with Crippen molar-refractivity contribution in [2.24, 2.45) is 0 Å². The Labute approximate surface area is 123 Å². The number of likely N-dealkylation sites (N-methyl/N-ethyl adjacent to an activating group) is 2. The standard InChI is InChI=1S/C14H22BrN3O/c1-10(2)17-8-11-7-12(15)5-6-13(11)18(4)9-14(19)16-3/h5-7,10,17H,8-9H2,1-4H3,(H,16,19). The van der Waals surface area contributed by atoms with Crippen LogP contribution in [0.2, 0.25) is 0 Å². The van der Waals surface area contributed by atoms with E-state index in [2.05, 4.69) is 46.5 Å². The third-order valence-electron chi connectivity index (χ3n) is 2.81. The molecule has 2 N–H and O–H groups in total. The number of carbonyl (C=O) groups is 1. The third-order valence-corrected chi connectivity index (χ3v) is 3.31. The summed E-state index contributed by atoms with van der Waals surface area (Å²) in [5.41, 5.74) is 2.24. The monoisotopic (exact) mass is 327 g/mol. The first-order chi connectivity index (χ1) is 8.93. The molecule has 0 saturated carbocycles. The molecule has 0 bridgehead atoms. The van der Waals surface area contributed by atoms with Crippen molar-refractivity contribution in [1.29, 1.82) is 0 Å². The first kappa shape index (κ1) is 16.0. The van der Waals surface area contributed by atoms with Gasteiger partial charge in [-0.2, -0.15) is 0 Å². The Bertz CT molecular complexity index is 435. The predicted molar refractivity (Wildman–Crippen MR) is 83.5 cm³/mol. The lowest BCUT2D eigenvalue weighted by Gasteiger charge is -2.22. The van der Waals surface area contributed by atoms with E-state index in [1.165, 1.54) is 5.56 Å². The molecule has 0 aliphatic heterocycles. The molecule has 19 heavy (non-hydrogen) atoms. The zero-order valence-corrected chi connectivity index (χ0v) is 13.5. The zero-order valence-electron chi connectivity index (χ0n) is 12.0. The quantitative estimate of drug-likeness (QED) is 0.841. The molecule has 0 aromatic heterocycles. The number of amides is 1. The second-order valence-electron chi connectivity index (χ2n) is 4.84. The van der Waals surface area contributed by atoms with Crippen LogP contribution in [-0.4, -0.2) is 32.6 Å². The number of rotatable bonds is 6. The van der Waals surface area contributed by atoms with E-state index in [1.807, 2.05) is 24.1 Å². The minimum Gasteiger partial charge on any atom is -0.365 e. The van der Waals surface area contributed by atoms with Gasteiger partial charge in [0.15, 0.2) is 0 Å². The number of nitrogens with zero attached hydrogens (tertiary/aromatic N) is 1. The highest BCUT2D eigenvalue weighted by atomic mass is 79.9. The molecule has 0 radical (unpaired) electrons. The minimum atomic E-state index is 0.00758. The first-order valence-corrected chi connectivity index (χ1v) is 7.17. The highest BCUT2D eigenvalue weighted by Gasteiger charge is 2.11. The molecule has 0 heterocycles. The molecule has 0 unspecified atom stereocenters. The van der Waals surface area contributed by atoms with Crippen molar-refractivity contribution in [3.8, 4) is 0 Å². The van der Waals surface area contributed by atoms with Gasteiger partial charge in [0.2, 0.25) is 5.91 Å². The van der Waals surface area contributed by atoms with Gasteiger partial charge in [0.05, 0.1) is 6.54 Å². The Kier molecular flexibility index (Phi) is 6.31. The van der Waals surface area contributed by atoms with Gasteiger partial charge < -0.3 is 15.5 Å². The molecule has 106 valence electrons. The summed E-state index contributed by atoms with van der Waals surface area (Å²) in [5.74, 6) is 0.00758. The van der Waals surface area contributed by atoms with Gasteiger partial charge in [0, 0.05) is 36.8 Å². The summed E-state index contributed by atoms with van der Waals surface area (Å²) in [4.78, 5) is 13.4. The van der Waals surface area contributed by atoms with E-state index in [0.29, 0.717) is 12.6 Å². The summed E-state index contributed by atoms with van der Waals surface area (Å²) < 4.78 is 1.05.